The Morgan fingerprint density at radius 2 is 2.05 bits per heavy atom. The summed E-state index contributed by atoms with van der Waals surface area (Å²) in [6, 6.07) is 7.88. The number of methoxy groups -OCH3 is 1. The SMILES string of the molecule is COc1nccnc1C(O)CSc1ccccc1Br. The topological polar surface area (TPSA) is 55.2 Å². The molecule has 0 saturated carbocycles. The Bertz CT molecular complexity index is 554. The lowest BCUT2D eigenvalue weighted by Gasteiger charge is -2.12. The van der Waals surface area contributed by atoms with Crippen molar-refractivity contribution in [3.05, 3.63) is 46.8 Å². The molecule has 0 aliphatic heterocycles. The highest BCUT2D eigenvalue weighted by atomic mass is 79.9. The highest BCUT2D eigenvalue weighted by Crippen LogP contribution is 2.31. The van der Waals surface area contributed by atoms with Gasteiger partial charge in [0.2, 0.25) is 5.88 Å². The van der Waals surface area contributed by atoms with Crippen LogP contribution < -0.4 is 4.74 Å². The normalized spacial score (nSPS) is 12.2. The summed E-state index contributed by atoms with van der Waals surface area (Å²) >= 11 is 5.02. The van der Waals surface area contributed by atoms with Gasteiger partial charge in [-0.3, -0.25) is 4.98 Å². The zero-order chi connectivity index (χ0) is 13.7. The molecule has 1 aromatic carbocycles. The summed E-state index contributed by atoms with van der Waals surface area (Å²) in [6.07, 6.45) is 2.36. The Hall–Kier alpha value is -1.11. The average molecular weight is 341 g/mol. The molecule has 0 aliphatic carbocycles. The molecule has 1 atom stereocenters. The zero-order valence-corrected chi connectivity index (χ0v) is 12.7. The summed E-state index contributed by atoms with van der Waals surface area (Å²) in [7, 11) is 1.52. The van der Waals surface area contributed by atoms with Crippen LogP contribution in [0.1, 0.15) is 11.8 Å². The molecule has 4 nitrogen and oxygen atoms in total. The number of ether oxygens (including phenoxy) is 1. The van der Waals surface area contributed by atoms with Crippen LogP contribution in [0.4, 0.5) is 0 Å². The molecule has 0 fully saturated rings. The lowest BCUT2D eigenvalue weighted by Crippen LogP contribution is -2.07. The first kappa shape index (κ1) is 14.3. The Kier molecular flexibility index (Phi) is 5.18. The van der Waals surface area contributed by atoms with E-state index in [4.69, 9.17) is 4.74 Å². The van der Waals surface area contributed by atoms with Gasteiger partial charge in [0.05, 0.1) is 7.11 Å². The van der Waals surface area contributed by atoms with Gasteiger partial charge >= 0.3 is 0 Å². The third kappa shape index (κ3) is 3.68. The van der Waals surface area contributed by atoms with E-state index < -0.39 is 6.10 Å². The molecule has 1 heterocycles. The Labute approximate surface area is 124 Å². The van der Waals surface area contributed by atoms with Gasteiger partial charge in [-0.25, -0.2) is 4.98 Å². The second-order valence-corrected chi connectivity index (χ2v) is 5.62. The molecule has 1 aromatic heterocycles. The van der Waals surface area contributed by atoms with Crippen LogP contribution in [0.15, 0.2) is 46.0 Å². The number of nitrogens with zero attached hydrogens (tertiary/aromatic N) is 2. The average Bonchev–Trinajstić information content (AvgIpc) is 2.46. The van der Waals surface area contributed by atoms with Gasteiger partial charge in [-0.2, -0.15) is 0 Å². The highest BCUT2D eigenvalue weighted by Gasteiger charge is 2.16. The molecule has 2 aromatic rings. The van der Waals surface area contributed by atoms with Gasteiger partial charge in [-0.1, -0.05) is 12.1 Å². The number of benzene rings is 1. The molecule has 0 saturated heterocycles. The van der Waals surface area contributed by atoms with Gasteiger partial charge in [0.1, 0.15) is 11.8 Å². The van der Waals surface area contributed by atoms with Crippen LogP contribution in [0.5, 0.6) is 5.88 Å². The molecule has 100 valence electrons. The van der Waals surface area contributed by atoms with E-state index in [1.54, 1.807) is 18.0 Å². The minimum absolute atomic E-state index is 0.364. The van der Waals surface area contributed by atoms with Gasteiger partial charge in [0, 0.05) is 27.5 Å². The maximum Gasteiger partial charge on any atom is 0.238 e. The van der Waals surface area contributed by atoms with Crippen molar-refractivity contribution in [1.29, 1.82) is 0 Å². The lowest BCUT2D eigenvalue weighted by molar-refractivity contribution is 0.192. The number of rotatable bonds is 5. The minimum Gasteiger partial charge on any atom is -0.480 e. The van der Waals surface area contributed by atoms with Crippen molar-refractivity contribution in [2.24, 2.45) is 0 Å². The summed E-state index contributed by atoms with van der Waals surface area (Å²) in [4.78, 5) is 9.22. The molecule has 19 heavy (non-hydrogen) atoms. The maximum absolute atomic E-state index is 10.2. The maximum atomic E-state index is 10.2. The molecule has 0 bridgehead atoms. The molecule has 0 spiro atoms. The first-order valence-electron chi connectivity index (χ1n) is 5.62. The number of aliphatic hydroxyl groups excluding tert-OH is 1. The van der Waals surface area contributed by atoms with Crippen molar-refractivity contribution in [1.82, 2.24) is 9.97 Å². The summed E-state index contributed by atoms with van der Waals surface area (Å²) in [5.41, 5.74) is 0.463. The predicted octanol–water partition coefficient (Wildman–Crippen LogP) is 3.07. The van der Waals surface area contributed by atoms with Crippen molar-refractivity contribution in [3.63, 3.8) is 0 Å². The van der Waals surface area contributed by atoms with Crippen molar-refractivity contribution < 1.29 is 9.84 Å². The van der Waals surface area contributed by atoms with E-state index in [1.165, 1.54) is 13.3 Å². The van der Waals surface area contributed by atoms with Crippen molar-refractivity contribution in [2.45, 2.75) is 11.0 Å². The number of aliphatic hydroxyl groups is 1. The monoisotopic (exact) mass is 340 g/mol. The first-order valence-corrected chi connectivity index (χ1v) is 7.40. The molecular formula is C13H13BrN2O2S. The largest absolute Gasteiger partial charge is 0.480 e. The first-order chi connectivity index (χ1) is 9.22. The molecule has 0 amide bonds. The van der Waals surface area contributed by atoms with E-state index in [0.29, 0.717) is 17.3 Å². The Morgan fingerprint density at radius 1 is 1.32 bits per heavy atom. The number of thioether (sulfide) groups is 1. The molecule has 0 aliphatic rings. The molecule has 0 radical (unpaired) electrons. The van der Waals surface area contributed by atoms with Gasteiger partial charge < -0.3 is 9.84 Å². The second kappa shape index (κ2) is 6.88. The minimum atomic E-state index is -0.722. The van der Waals surface area contributed by atoms with Crippen molar-refractivity contribution in [3.8, 4) is 5.88 Å². The van der Waals surface area contributed by atoms with Gasteiger partial charge in [-0.05, 0) is 28.1 Å². The number of hydrogen-bond acceptors (Lipinski definition) is 5. The highest BCUT2D eigenvalue weighted by molar-refractivity contribution is 9.10. The van der Waals surface area contributed by atoms with E-state index in [9.17, 15) is 5.11 Å². The quantitative estimate of drug-likeness (QED) is 0.847. The fourth-order valence-corrected chi connectivity index (χ4v) is 3.04. The summed E-state index contributed by atoms with van der Waals surface area (Å²) in [5.74, 6) is 0.847. The second-order valence-electron chi connectivity index (χ2n) is 3.71. The number of aromatic nitrogens is 2. The lowest BCUT2D eigenvalue weighted by atomic mass is 10.3. The third-order valence-corrected chi connectivity index (χ3v) is 4.54. The van der Waals surface area contributed by atoms with Crippen LogP contribution in [-0.2, 0) is 0 Å². The molecule has 2 rings (SSSR count). The van der Waals surface area contributed by atoms with E-state index in [1.807, 2.05) is 24.3 Å². The Balaban J connectivity index is 2.05. The van der Waals surface area contributed by atoms with E-state index in [0.717, 1.165) is 9.37 Å². The van der Waals surface area contributed by atoms with Crippen LogP contribution in [0, 0.1) is 0 Å². The van der Waals surface area contributed by atoms with Gasteiger partial charge in [-0.15, -0.1) is 11.8 Å². The van der Waals surface area contributed by atoms with Crippen LogP contribution >= 0.6 is 27.7 Å². The fraction of sp³-hybridized carbons (Fsp3) is 0.231. The van der Waals surface area contributed by atoms with Gasteiger partial charge in [0.25, 0.3) is 0 Å². The zero-order valence-electron chi connectivity index (χ0n) is 10.3. The molecule has 6 heteroatoms. The Morgan fingerprint density at radius 3 is 2.79 bits per heavy atom. The number of halogens is 1. The van der Waals surface area contributed by atoms with Crippen LogP contribution in [0.25, 0.3) is 0 Å². The summed E-state index contributed by atoms with van der Waals surface area (Å²) < 4.78 is 6.10. The predicted molar refractivity (Wildman–Crippen MR) is 78.4 cm³/mol. The standard InChI is InChI=1S/C13H13BrN2O2S/c1-18-13-12(15-6-7-16-13)10(17)8-19-11-5-3-2-4-9(11)14/h2-7,10,17H,8H2,1H3. The fourth-order valence-electron chi connectivity index (χ4n) is 1.53. The molecular weight excluding hydrogens is 328 g/mol. The number of hydrogen-bond donors (Lipinski definition) is 1. The summed E-state index contributed by atoms with van der Waals surface area (Å²) in [6.45, 7) is 0. The third-order valence-electron chi connectivity index (χ3n) is 2.43. The van der Waals surface area contributed by atoms with E-state index in [2.05, 4.69) is 25.9 Å². The van der Waals surface area contributed by atoms with Crippen LogP contribution in [-0.4, -0.2) is 27.9 Å². The molecule has 1 N–H and O–H groups in total. The molecule has 1 unspecified atom stereocenters. The smallest absolute Gasteiger partial charge is 0.238 e. The van der Waals surface area contributed by atoms with Crippen molar-refractivity contribution >= 4 is 27.7 Å². The van der Waals surface area contributed by atoms with Crippen LogP contribution in [0.2, 0.25) is 0 Å². The van der Waals surface area contributed by atoms with Gasteiger partial charge in [0.15, 0.2) is 0 Å². The van der Waals surface area contributed by atoms with E-state index in [-0.39, 0.29) is 0 Å². The van der Waals surface area contributed by atoms with Crippen molar-refractivity contribution in [2.75, 3.05) is 12.9 Å². The van der Waals surface area contributed by atoms with E-state index >= 15 is 0 Å². The van der Waals surface area contributed by atoms with Crippen LogP contribution in [0.3, 0.4) is 0 Å². The summed E-state index contributed by atoms with van der Waals surface area (Å²) in [5, 5.41) is 10.2.